The van der Waals surface area contributed by atoms with Crippen molar-refractivity contribution in [2.45, 2.75) is 32.8 Å². The number of aliphatic hydroxyl groups excluding tert-OH is 1. The molecule has 0 bridgehead atoms. The Labute approximate surface area is 97.3 Å². The molecule has 0 aliphatic rings. The van der Waals surface area contributed by atoms with E-state index in [0.29, 0.717) is 6.42 Å². The number of hydrogen-bond acceptors (Lipinski definition) is 2. The predicted octanol–water partition coefficient (Wildman–Crippen LogP) is 2.60. The highest BCUT2D eigenvalue weighted by Gasteiger charge is 1.99. The van der Waals surface area contributed by atoms with Crippen LogP contribution in [-0.4, -0.2) is 17.8 Å². The molecule has 0 spiro atoms. The van der Waals surface area contributed by atoms with Gasteiger partial charge in [0.2, 0.25) is 0 Å². The molecule has 1 N–H and O–H groups in total. The van der Waals surface area contributed by atoms with Gasteiger partial charge in [-0.25, -0.2) is 0 Å². The highest BCUT2D eigenvalue weighted by atomic mass is 16.5. The molecule has 0 aliphatic heterocycles. The summed E-state index contributed by atoms with van der Waals surface area (Å²) >= 11 is 0. The van der Waals surface area contributed by atoms with E-state index in [1.54, 1.807) is 0 Å². The summed E-state index contributed by atoms with van der Waals surface area (Å²) < 4.78 is 5.66. The summed E-state index contributed by atoms with van der Waals surface area (Å²) in [6.45, 7) is 4.26. The normalized spacial score (nSPS) is 11.4. The molecule has 1 aromatic carbocycles. The first kappa shape index (κ1) is 12.6. The highest BCUT2D eigenvalue weighted by Crippen LogP contribution is 2.14. The summed E-state index contributed by atoms with van der Waals surface area (Å²) in [6.07, 6.45) is 1.76. The molecule has 0 aromatic heterocycles. The van der Waals surface area contributed by atoms with Crippen LogP contribution in [0.5, 0.6) is 5.75 Å². The van der Waals surface area contributed by atoms with Crippen molar-refractivity contribution in [1.82, 2.24) is 0 Å². The zero-order valence-electron chi connectivity index (χ0n) is 9.86. The van der Waals surface area contributed by atoms with Crippen molar-refractivity contribution in [1.29, 1.82) is 0 Å². The maximum absolute atomic E-state index is 8.59. The molecule has 1 atom stereocenters. The van der Waals surface area contributed by atoms with Crippen LogP contribution < -0.4 is 4.74 Å². The third kappa shape index (κ3) is 4.37. The van der Waals surface area contributed by atoms with Crippen molar-refractivity contribution in [2.75, 3.05) is 6.61 Å². The van der Waals surface area contributed by atoms with Gasteiger partial charge in [0.25, 0.3) is 0 Å². The summed E-state index contributed by atoms with van der Waals surface area (Å²) in [5, 5.41) is 8.59. The molecule has 1 unspecified atom stereocenters. The molecular weight excluding hydrogens is 200 g/mol. The summed E-state index contributed by atoms with van der Waals surface area (Å²) in [7, 11) is 0. The molecular formula is C14H18O2. The molecule has 0 radical (unpaired) electrons. The van der Waals surface area contributed by atoms with Gasteiger partial charge in [-0.3, -0.25) is 0 Å². The van der Waals surface area contributed by atoms with Gasteiger partial charge < -0.3 is 9.84 Å². The first-order valence-electron chi connectivity index (χ1n) is 5.62. The Kier molecular flexibility index (Phi) is 5.45. The van der Waals surface area contributed by atoms with Gasteiger partial charge in [-0.05, 0) is 37.6 Å². The van der Waals surface area contributed by atoms with E-state index < -0.39 is 0 Å². The van der Waals surface area contributed by atoms with Crippen LogP contribution in [0.1, 0.15) is 32.3 Å². The number of ether oxygens (including phenoxy) is 1. The lowest BCUT2D eigenvalue weighted by molar-refractivity contribution is 0.217. The monoisotopic (exact) mass is 218 g/mol. The Morgan fingerprint density at radius 1 is 1.31 bits per heavy atom. The van der Waals surface area contributed by atoms with E-state index in [4.69, 9.17) is 9.84 Å². The summed E-state index contributed by atoms with van der Waals surface area (Å²) in [4.78, 5) is 0. The molecule has 0 saturated carbocycles. The second kappa shape index (κ2) is 6.92. The average molecular weight is 218 g/mol. The lowest BCUT2D eigenvalue weighted by atomic mass is 10.2. The summed E-state index contributed by atoms with van der Waals surface area (Å²) in [5.41, 5.74) is 0.949. The smallest absolute Gasteiger partial charge is 0.119 e. The number of hydrogen-bond donors (Lipinski definition) is 1. The minimum absolute atomic E-state index is 0.113. The van der Waals surface area contributed by atoms with E-state index in [9.17, 15) is 0 Å². The van der Waals surface area contributed by atoms with E-state index >= 15 is 0 Å². The summed E-state index contributed by atoms with van der Waals surface area (Å²) in [5.74, 6) is 6.73. The third-order valence-electron chi connectivity index (χ3n) is 2.24. The largest absolute Gasteiger partial charge is 0.491 e. The number of benzene rings is 1. The quantitative estimate of drug-likeness (QED) is 0.787. The van der Waals surface area contributed by atoms with Crippen molar-refractivity contribution in [3.8, 4) is 17.6 Å². The third-order valence-corrected chi connectivity index (χ3v) is 2.24. The molecule has 2 nitrogen and oxygen atoms in total. The minimum Gasteiger partial charge on any atom is -0.491 e. The van der Waals surface area contributed by atoms with Crippen LogP contribution in [0, 0.1) is 11.8 Å². The van der Waals surface area contributed by atoms with Crippen molar-refractivity contribution < 1.29 is 9.84 Å². The Bertz CT molecular complexity index is 357. The fraction of sp³-hybridized carbons (Fsp3) is 0.429. The second-order valence-electron chi connectivity index (χ2n) is 3.64. The van der Waals surface area contributed by atoms with Crippen molar-refractivity contribution in [2.24, 2.45) is 0 Å². The van der Waals surface area contributed by atoms with Crippen molar-refractivity contribution in [3.05, 3.63) is 29.8 Å². The van der Waals surface area contributed by atoms with Gasteiger partial charge in [0.1, 0.15) is 5.75 Å². The predicted molar refractivity (Wildman–Crippen MR) is 65.4 cm³/mol. The van der Waals surface area contributed by atoms with Gasteiger partial charge in [-0.15, -0.1) is 0 Å². The van der Waals surface area contributed by atoms with Crippen LogP contribution in [0.2, 0.25) is 0 Å². The maximum Gasteiger partial charge on any atom is 0.119 e. The van der Waals surface area contributed by atoms with Gasteiger partial charge in [0.15, 0.2) is 0 Å². The number of aliphatic hydroxyl groups is 1. The molecule has 2 heteroatoms. The zero-order chi connectivity index (χ0) is 11.8. The van der Waals surface area contributed by atoms with Crippen LogP contribution in [0.15, 0.2) is 24.3 Å². The molecule has 0 amide bonds. The van der Waals surface area contributed by atoms with Crippen LogP contribution in [-0.2, 0) is 0 Å². The molecule has 16 heavy (non-hydrogen) atoms. The number of rotatable bonds is 4. The Balaban J connectivity index is 2.58. The fourth-order valence-electron chi connectivity index (χ4n) is 1.15. The minimum atomic E-state index is 0.113. The molecule has 0 saturated heterocycles. The second-order valence-corrected chi connectivity index (χ2v) is 3.64. The van der Waals surface area contributed by atoms with Crippen LogP contribution in [0.3, 0.4) is 0 Å². The molecule has 86 valence electrons. The van der Waals surface area contributed by atoms with Gasteiger partial charge in [-0.1, -0.05) is 18.8 Å². The Morgan fingerprint density at radius 3 is 2.56 bits per heavy atom. The maximum atomic E-state index is 8.59. The highest BCUT2D eigenvalue weighted by molar-refractivity contribution is 5.38. The van der Waals surface area contributed by atoms with Crippen molar-refractivity contribution in [3.63, 3.8) is 0 Å². The van der Waals surface area contributed by atoms with Crippen LogP contribution in [0.4, 0.5) is 0 Å². The molecule has 0 aliphatic carbocycles. The molecule has 1 aromatic rings. The van der Waals surface area contributed by atoms with Gasteiger partial charge in [-0.2, -0.15) is 0 Å². The molecule has 0 fully saturated rings. The topological polar surface area (TPSA) is 29.5 Å². The standard InChI is InChI=1S/C14H18O2/c1-3-12(2)16-14-9-7-13(8-10-14)6-4-5-11-15/h7-10,12,15H,3,5,11H2,1-2H3. The van der Waals surface area contributed by atoms with Crippen molar-refractivity contribution >= 4 is 0 Å². The van der Waals surface area contributed by atoms with Gasteiger partial charge in [0.05, 0.1) is 12.7 Å². The van der Waals surface area contributed by atoms with E-state index in [2.05, 4.69) is 25.7 Å². The molecule has 0 heterocycles. The first-order chi connectivity index (χ1) is 7.76. The lowest BCUT2D eigenvalue weighted by Gasteiger charge is -2.11. The molecule has 1 rings (SSSR count). The lowest BCUT2D eigenvalue weighted by Crippen LogP contribution is -2.09. The van der Waals surface area contributed by atoms with E-state index in [-0.39, 0.29) is 12.7 Å². The zero-order valence-corrected chi connectivity index (χ0v) is 9.86. The SMILES string of the molecule is CCC(C)Oc1ccc(C#CCCO)cc1. The van der Waals surface area contributed by atoms with E-state index in [1.807, 2.05) is 24.3 Å². The van der Waals surface area contributed by atoms with E-state index in [1.165, 1.54) is 0 Å². The fourth-order valence-corrected chi connectivity index (χ4v) is 1.15. The first-order valence-corrected chi connectivity index (χ1v) is 5.62. The average Bonchev–Trinajstić information content (AvgIpc) is 2.31. The van der Waals surface area contributed by atoms with Gasteiger partial charge >= 0.3 is 0 Å². The van der Waals surface area contributed by atoms with E-state index in [0.717, 1.165) is 17.7 Å². The van der Waals surface area contributed by atoms with Crippen LogP contribution >= 0.6 is 0 Å². The van der Waals surface area contributed by atoms with Crippen LogP contribution in [0.25, 0.3) is 0 Å². The van der Waals surface area contributed by atoms with Gasteiger partial charge in [0, 0.05) is 12.0 Å². The summed E-state index contributed by atoms with van der Waals surface area (Å²) in [6, 6.07) is 7.72. The Hall–Kier alpha value is -1.46. The Morgan fingerprint density at radius 2 is 2.00 bits per heavy atom.